The second kappa shape index (κ2) is 7.63. The molecule has 3 N–H and O–H groups in total. The first-order chi connectivity index (χ1) is 9.12. The van der Waals surface area contributed by atoms with Gasteiger partial charge in [-0.15, -0.1) is 0 Å². The standard InChI is InChI=1S/C14H23N3O2/c1-4-17(5-2)8-9-19-13-10-11(18-3)6-7-12(13)14(15)16/h6-7,10H,4-5,8-9H2,1-3H3,(H3,15,16). The van der Waals surface area contributed by atoms with Crippen LogP contribution in [0.4, 0.5) is 0 Å². The van der Waals surface area contributed by atoms with Crippen molar-refractivity contribution in [1.29, 1.82) is 5.41 Å². The van der Waals surface area contributed by atoms with Crippen molar-refractivity contribution >= 4 is 5.84 Å². The first-order valence-electron chi connectivity index (χ1n) is 6.49. The lowest BCUT2D eigenvalue weighted by atomic mass is 10.2. The summed E-state index contributed by atoms with van der Waals surface area (Å²) >= 11 is 0. The maximum Gasteiger partial charge on any atom is 0.133 e. The van der Waals surface area contributed by atoms with Crippen LogP contribution in [0, 0.1) is 5.41 Å². The predicted molar refractivity (Wildman–Crippen MR) is 77.3 cm³/mol. The minimum absolute atomic E-state index is 0.000456. The van der Waals surface area contributed by atoms with Crippen molar-refractivity contribution in [3.05, 3.63) is 23.8 Å². The Morgan fingerprint density at radius 1 is 1.32 bits per heavy atom. The molecule has 19 heavy (non-hydrogen) atoms. The van der Waals surface area contributed by atoms with Crippen LogP contribution >= 0.6 is 0 Å². The van der Waals surface area contributed by atoms with Crippen molar-refractivity contribution < 1.29 is 9.47 Å². The summed E-state index contributed by atoms with van der Waals surface area (Å²) in [6.45, 7) is 7.65. The Balaban J connectivity index is 2.72. The van der Waals surface area contributed by atoms with Gasteiger partial charge in [0.1, 0.15) is 23.9 Å². The molecule has 0 unspecified atom stereocenters. The number of hydrogen-bond donors (Lipinski definition) is 2. The number of nitrogens with two attached hydrogens (primary N) is 1. The van der Waals surface area contributed by atoms with Crippen molar-refractivity contribution in [2.75, 3.05) is 33.4 Å². The first-order valence-corrected chi connectivity index (χ1v) is 6.49. The number of nitrogens with one attached hydrogen (secondary N) is 1. The molecule has 5 nitrogen and oxygen atoms in total. The number of nitrogen functional groups attached to an aromatic ring is 1. The lowest BCUT2D eigenvalue weighted by Crippen LogP contribution is -2.28. The first kappa shape index (κ1) is 15.3. The number of amidine groups is 1. The van der Waals surface area contributed by atoms with Crippen LogP contribution in [-0.4, -0.2) is 44.1 Å². The lowest BCUT2D eigenvalue weighted by molar-refractivity contribution is 0.222. The molecule has 0 aliphatic carbocycles. The maximum atomic E-state index is 7.54. The number of hydrogen-bond acceptors (Lipinski definition) is 4. The maximum absolute atomic E-state index is 7.54. The van der Waals surface area contributed by atoms with E-state index in [0.29, 0.717) is 23.7 Å². The molecule has 0 aliphatic heterocycles. The number of rotatable bonds is 8. The van der Waals surface area contributed by atoms with Crippen molar-refractivity contribution in [2.24, 2.45) is 5.73 Å². The third-order valence-electron chi connectivity index (χ3n) is 3.04. The van der Waals surface area contributed by atoms with Gasteiger partial charge in [-0.1, -0.05) is 13.8 Å². The van der Waals surface area contributed by atoms with Gasteiger partial charge in [0.2, 0.25) is 0 Å². The topological polar surface area (TPSA) is 71.6 Å². The summed E-state index contributed by atoms with van der Waals surface area (Å²) in [7, 11) is 1.60. The molecule has 0 bridgehead atoms. The smallest absolute Gasteiger partial charge is 0.133 e. The van der Waals surface area contributed by atoms with E-state index in [1.165, 1.54) is 0 Å². The van der Waals surface area contributed by atoms with E-state index in [4.69, 9.17) is 20.6 Å². The second-order valence-electron chi connectivity index (χ2n) is 4.15. The number of benzene rings is 1. The van der Waals surface area contributed by atoms with Crippen LogP contribution in [0.1, 0.15) is 19.4 Å². The van der Waals surface area contributed by atoms with Crippen LogP contribution < -0.4 is 15.2 Å². The summed E-state index contributed by atoms with van der Waals surface area (Å²) in [5.74, 6) is 1.29. The van der Waals surface area contributed by atoms with E-state index in [1.54, 1.807) is 25.3 Å². The van der Waals surface area contributed by atoms with E-state index in [0.717, 1.165) is 19.6 Å². The third-order valence-corrected chi connectivity index (χ3v) is 3.04. The zero-order chi connectivity index (χ0) is 14.3. The summed E-state index contributed by atoms with van der Waals surface area (Å²) in [5.41, 5.74) is 6.14. The average Bonchev–Trinajstić information content (AvgIpc) is 2.43. The van der Waals surface area contributed by atoms with E-state index in [9.17, 15) is 0 Å². The van der Waals surface area contributed by atoms with Gasteiger partial charge in [-0.05, 0) is 25.2 Å². The summed E-state index contributed by atoms with van der Waals surface area (Å²) in [4.78, 5) is 2.27. The molecular weight excluding hydrogens is 242 g/mol. The Bertz CT molecular complexity index is 417. The Morgan fingerprint density at radius 3 is 2.53 bits per heavy atom. The van der Waals surface area contributed by atoms with Gasteiger partial charge >= 0.3 is 0 Å². The van der Waals surface area contributed by atoms with E-state index < -0.39 is 0 Å². The molecule has 0 amide bonds. The monoisotopic (exact) mass is 265 g/mol. The van der Waals surface area contributed by atoms with Gasteiger partial charge in [-0.2, -0.15) is 0 Å². The third kappa shape index (κ3) is 4.44. The molecule has 1 aromatic carbocycles. The minimum Gasteiger partial charge on any atom is -0.497 e. The second-order valence-corrected chi connectivity index (χ2v) is 4.15. The Kier molecular flexibility index (Phi) is 6.15. The van der Waals surface area contributed by atoms with Crippen molar-refractivity contribution in [3.63, 3.8) is 0 Å². The molecule has 0 saturated carbocycles. The Morgan fingerprint density at radius 2 is 2.00 bits per heavy atom. The Labute approximate surface area is 114 Å². The van der Waals surface area contributed by atoms with Gasteiger partial charge in [0.25, 0.3) is 0 Å². The van der Waals surface area contributed by atoms with Crippen molar-refractivity contribution in [1.82, 2.24) is 4.90 Å². The van der Waals surface area contributed by atoms with Crippen LogP contribution in [-0.2, 0) is 0 Å². The highest BCUT2D eigenvalue weighted by atomic mass is 16.5. The van der Waals surface area contributed by atoms with Gasteiger partial charge in [0.15, 0.2) is 0 Å². The van der Waals surface area contributed by atoms with Crippen molar-refractivity contribution in [3.8, 4) is 11.5 Å². The lowest BCUT2D eigenvalue weighted by Gasteiger charge is -2.19. The molecule has 106 valence electrons. The molecule has 0 radical (unpaired) electrons. The molecule has 0 aliphatic rings. The predicted octanol–water partition coefficient (Wildman–Crippen LogP) is 1.70. The summed E-state index contributed by atoms with van der Waals surface area (Å²) < 4.78 is 10.9. The van der Waals surface area contributed by atoms with Crippen LogP contribution in [0.15, 0.2) is 18.2 Å². The van der Waals surface area contributed by atoms with Crippen molar-refractivity contribution in [2.45, 2.75) is 13.8 Å². The summed E-state index contributed by atoms with van der Waals surface area (Å²) in [5, 5.41) is 7.54. The fraction of sp³-hybridized carbons (Fsp3) is 0.500. The molecule has 1 aromatic rings. The van der Waals surface area contributed by atoms with Gasteiger partial charge in [-0.3, -0.25) is 5.41 Å². The molecule has 0 saturated heterocycles. The van der Waals surface area contributed by atoms with E-state index >= 15 is 0 Å². The highest BCUT2D eigenvalue weighted by molar-refractivity contribution is 5.97. The highest BCUT2D eigenvalue weighted by Gasteiger charge is 2.09. The zero-order valence-electron chi connectivity index (χ0n) is 11.9. The summed E-state index contributed by atoms with van der Waals surface area (Å²) in [6.07, 6.45) is 0. The molecule has 5 heteroatoms. The van der Waals surface area contributed by atoms with Gasteiger partial charge in [0.05, 0.1) is 12.7 Å². The normalized spacial score (nSPS) is 10.5. The minimum atomic E-state index is 0.000456. The van der Waals surface area contributed by atoms with E-state index in [2.05, 4.69) is 18.7 Å². The molecular formula is C14H23N3O2. The molecule has 0 atom stereocenters. The molecule has 0 spiro atoms. The largest absolute Gasteiger partial charge is 0.497 e. The fourth-order valence-electron chi connectivity index (χ4n) is 1.80. The molecule has 0 heterocycles. The quantitative estimate of drug-likeness (QED) is 0.554. The van der Waals surface area contributed by atoms with Crippen LogP contribution in [0.5, 0.6) is 11.5 Å². The van der Waals surface area contributed by atoms with Gasteiger partial charge in [-0.25, -0.2) is 0 Å². The fourth-order valence-corrected chi connectivity index (χ4v) is 1.80. The van der Waals surface area contributed by atoms with E-state index in [1.807, 2.05) is 0 Å². The number of ether oxygens (including phenoxy) is 2. The molecule has 0 fully saturated rings. The highest BCUT2D eigenvalue weighted by Crippen LogP contribution is 2.24. The number of methoxy groups -OCH3 is 1. The number of nitrogens with zero attached hydrogens (tertiary/aromatic N) is 1. The summed E-state index contributed by atoms with van der Waals surface area (Å²) in [6, 6.07) is 5.28. The van der Waals surface area contributed by atoms with Gasteiger partial charge < -0.3 is 20.1 Å². The molecule has 1 rings (SSSR count). The SMILES string of the molecule is CCN(CC)CCOc1cc(OC)ccc1C(=N)N. The zero-order valence-corrected chi connectivity index (χ0v) is 11.9. The number of likely N-dealkylation sites (N-methyl/N-ethyl adjacent to an activating group) is 1. The average molecular weight is 265 g/mol. The van der Waals surface area contributed by atoms with Crippen LogP contribution in [0.3, 0.4) is 0 Å². The van der Waals surface area contributed by atoms with Gasteiger partial charge in [0, 0.05) is 12.6 Å². The molecule has 0 aromatic heterocycles. The Hall–Kier alpha value is -1.75. The van der Waals surface area contributed by atoms with Crippen LogP contribution in [0.2, 0.25) is 0 Å². The van der Waals surface area contributed by atoms with E-state index in [-0.39, 0.29) is 5.84 Å². The van der Waals surface area contributed by atoms with Crippen LogP contribution in [0.25, 0.3) is 0 Å².